The van der Waals surface area contributed by atoms with Gasteiger partial charge in [-0.25, -0.2) is 13.6 Å². The number of hydrogen-bond donors (Lipinski definition) is 1. The molecule has 0 aliphatic carbocycles. The Morgan fingerprint density at radius 2 is 2.04 bits per heavy atom. The Hall–Kier alpha value is -2.88. The van der Waals surface area contributed by atoms with Crippen molar-refractivity contribution in [2.75, 3.05) is 14.2 Å². The van der Waals surface area contributed by atoms with Crippen molar-refractivity contribution in [2.45, 2.75) is 32.7 Å². The largest absolute Gasteiger partial charge is 0.495 e. The molecule has 0 amide bonds. The van der Waals surface area contributed by atoms with E-state index >= 15 is 0 Å². The van der Waals surface area contributed by atoms with Crippen molar-refractivity contribution in [1.82, 2.24) is 5.32 Å². The number of hydrogen-bond acceptors (Lipinski definition) is 5. The quantitative estimate of drug-likeness (QED) is 0.807. The van der Waals surface area contributed by atoms with E-state index in [1.54, 1.807) is 12.1 Å². The summed E-state index contributed by atoms with van der Waals surface area (Å²) in [4.78, 5) is 12.0. The molecule has 26 heavy (non-hydrogen) atoms. The lowest BCUT2D eigenvalue weighted by Gasteiger charge is -2.23. The molecule has 1 aromatic rings. The van der Waals surface area contributed by atoms with E-state index in [2.05, 4.69) is 5.32 Å². The van der Waals surface area contributed by atoms with Crippen molar-refractivity contribution in [3.8, 4) is 6.07 Å². The van der Waals surface area contributed by atoms with E-state index in [9.17, 15) is 13.6 Å². The number of rotatable bonds is 5. The van der Waals surface area contributed by atoms with Gasteiger partial charge < -0.3 is 14.8 Å². The van der Waals surface area contributed by atoms with E-state index in [1.807, 2.05) is 19.9 Å². The third-order valence-corrected chi connectivity index (χ3v) is 3.57. The molecule has 7 heteroatoms. The van der Waals surface area contributed by atoms with Crippen molar-refractivity contribution in [1.29, 1.82) is 5.26 Å². The fraction of sp³-hybridized carbons (Fsp3) is 0.368. The minimum absolute atomic E-state index is 0.129. The lowest BCUT2D eigenvalue weighted by molar-refractivity contribution is 0.0600. The van der Waals surface area contributed by atoms with Gasteiger partial charge in [-0.1, -0.05) is 19.9 Å². The molecule has 0 bridgehead atoms. The molecule has 1 aliphatic rings. The van der Waals surface area contributed by atoms with Crippen LogP contribution in [-0.2, 0) is 15.9 Å². The molecule has 2 rings (SSSR count). The first-order valence-corrected chi connectivity index (χ1v) is 8.11. The molecule has 1 N–H and O–H groups in total. The highest BCUT2D eigenvalue weighted by Crippen LogP contribution is 2.31. The number of methoxy groups -OCH3 is 2. The Kier molecular flexibility index (Phi) is 8.29. The predicted octanol–water partition coefficient (Wildman–Crippen LogP) is 3.67. The van der Waals surface area contributed by atoms with E-state index in [0.29, 0.717) is 22.5 Å². The summed E-state index contributed by atoms with van der Waals surface area (Å²) in [6.45, 7) is 4.00. The molecule has 1 unspecified atom stereocenters. The molecule has 140 valence electrons. The first-order chi connectivity index (χ1) is 12.5. The maximum absolute atomic E-state index is 13.1. The number of dihydropyridines is 1. The smallest absolute Gasteiger partial charge is 0.338 e. The number of nitriles is 1. The Balaban J connectivity index is 0.00000163. The molecular formula is C19H22F2N2O3. The van der Waals surface area contributed by atoms with E-state index in [4.69, 9.17) is 14.7 Å². The van der Waals surface area contributed by atoms with Crippen molar-refractivity contribution in [3.05, 3.63) is 52.9 Å². The minimum atomic E-state index is -2.63. The van der Waals surface area contributed by atoms with Crippen molar-refractivity contribution in [2.24, 2.45) is 0 Å². The van der Waals surface area contributed by atoms with Crippen LogP contribution >= 0.6 is 0 Å². The molecule has 1 aromatic carbocycles. The van der Waals surface area contributed by atoms with Crippen LogP contribution < -0.4 is 5.32 Å². The second-order valence-corrected chi connectivity index (χ2v) is 5.03. The Morgan fingerprint density at radius 1 is 1.35 bits per heavy atom. The average Bonchev–Trinajstić information content (AvgIpc) is 2.68. The van der Waals surface area contributed by atoms with E-state index in [1.165, 1.54) is 32.6 Å². The summed E-state index contributed by atoms with van der Waals surface area (Å²) in [6.07, 6.45) is 0.147. The normalized spacial score (nSPS) is 15.5. The molecule has 0 aromatic heterocycles. The van der Waals surface area contributed by atoms with Gasteiger partial charge in [-0.05, 0) is 29.3 Å². The minimum Gasteiger partial charge on any atom is -0.495 e. The maximum atomic E-state index is 13.1. The second-order valence-electron chi connectivity index (χ2n) is 5.03. The SMILES string of the molecule is CC.COC(=O)c1ccc(CC#N)cc1C1=CC(C(F)F)NC=C1OC. The zero-order valence-corrected chi connectivity index (χ0v) is 15.2. The molecule has 5 nitrogen and oxygen atoms in total. The third kappa shape index (κ3) is 4.82. The van der Waals surface area contributed by atoms with Gasteiger partial charge in [-0.2, -0.15) is 5.26 Å². The van der Waals surface area contributed by atoms with E-state index in [-0.39, 0.29) is 12.0 Å². The van der Waals surface area contributed by atoms with Crippen molar-refractivity contribution < 1.29 is 23.0 Å². The molecule has 1 aliphatic heterocycles. The van der Waals surface area contributed by atoms with Crippen LogP contribution in [0.2, 0.25) is 0 Å². The number of esters is 1. The number of benzene rings is 1. The van der Waals surface area contributed by atoms with E-state index < -0.39 is 18.4 Å². The summed E-state index contributed by atoms with van der Waals surface area (Å²) in [7, 11) is 2.64. The Bertz CT molecular complexity index is 737. The first-order valence-electron chi connectivity index (χ1n) is 8.11. The van der Waals surface area contributed by atoms with Gasteiger partial charge in [0.2, 0.25) is 0 Å². The molecule has 1 heterocycles. The first kappa shape index (κ1) is 21.2. The topological polar surface area (TPSA) is 71.4 Å². The average molecular weight is 364 g/mol. The number of allylic oxidation sites excluding steroid dienone is 1. The fourth-order valence-electron chi connectivity index (χ4n) is 2.40. The van der Waals surface area contributed by atoms with E-state index in [0.717, 1.165) is 0 Å². The Labute approximate surface area is 151 Å². The summed E-state index contributed by atoms with van der Waals surface area (Å²) < 4.78 is 36.1. The third-order valence-electron chi connectivity index (χ3n) is 3.57. The highest BCUT2D eigenvalue weighted by atomic mass is 19.3. The highest BCUT2D eigenvalue weighted by molar-refractivity contribution is 5.97. The van der Waals surface area contributed by atoms with Crippen LogP contribution in [0.25, 0.3) is 5.57 Å². The van der Waals surface area contributed by atoms with Gasteiger partial charge in [0.25, 0.3) is 6.43 Å². The monoisotopic (exact) mass is 364 g/mol. The fourth-order valence-corrected chi connectivity index (χ4v) is 2.40. The molecular weight excluding hydrogens is 342 g/mol. The highest BCUT2D eigenvalue weighted by Gasteiger charge is 2.26. The van der Waals surface area contributed by atoms with Crippen LogP contribution in [0.5, 0.6) is 0 Å². The lowest BCUT2D eigenvalue weighted by atomic mass is 9.92. The number of carbonyl (C=O) groups excluding carboxylic acids is 1. The zero-order chi connectivity index (χ0) is 19.7. The summed E-state index contributed by atoms with van der Waals surface area (Å²) in [5.74, 6) is -0.289. The number of alkyl halides is 2. The molecule has 0 saturated carbocycles. The summed E-state index contributed by atoms with van der Waals surface area (Å²) in [5, 5.41) is 11.4. The number of halogens is 2. The van der Waals surface area contributed by atoms with Crippen LogP contribution in [0, 0.1) is 11.3 Å². The summed E-state index contributed by atoms with van der Waals surface area (Å²) >= 11 is 0. The Morgan fingerprint density at radius 3 is 2.58 bits per heavy atom. The van der Waals surface area contributed by atoms with Crippen LogP contribution in [0.3, 0.4) is 0 Å². The lowest BCUT2D eigenvalue weighted by Crippen LogP contribution is -2.33. The second kappa shape index (κ2) is 10.2. The van der Waals surface area contributed by atoms with Gasteiger partial charge in [-0.15, -0.1) is 0 Å². The van der Waals surface area contributed by atoms with Gasteiger partial charge >= 0.3 is 5.97 Å². The van der Waals surface area contributed by atoms with Crippen LogP contribution in [0.4, 0.5) is 8.78 Å². The molecule has 0 spiro atoms. The van der Waals surface area contributed by atoms with Gasteiger partial charge in [0.05, 0.1) is 32.3 Å². The number of nitrogens with zero attached hydrogens (tertiary/aromatic N) is 1. The summed E-state index contributed by atoms with van der Waals surface area (Å²) in [6, 6.07) is 5.57. The van der Waals surface area contributed by atoms with Gasteiger partial charge in [-0.3, -0.25) is 0 Å². The molecule has 0 radical (unpaired) electrons. The van der Waals surface area contributed by atoms with Gasteiger partial charge in [0.15, 0.2) is 0 Å². The standard InChI is InChI=1S/C17H16F2N2O3.C2H6/c1-23-15-9-21-14(16(18)19)8-13(15)12-7-10(5-6-20)3-4-11(12)17(22)24-2;1-2/h3-4,7-9,14,16,21H,5H2,1-2H3;1-2H3. The predicted molar refractivity (Wildman–Crippen MR) is 94.4 cm³/mol. The molecule has 0 saturated heterocycles. The van der Waals surface area contributed by atoms with Crippen LogP contribution in [-0.4, -0.2) is 32.7 Å². The molecule has 1 atom stereocenters. The number of ether oxygens (including phenoxy) is 2. The summed E-state index contributed by atoms with van der Waals surface area (Å²) in [5.41, 5.74) is 1.60. The van der Waals surface area contributed by atoms with Gasteiger partial charge in [0, 0.05) is 11.8 Å². The van der Waals surface area contributed by atoms with Crippen LogP contribution in [0.1, 0.15) is 35.3 Å². The van der Waals surface area contributed by atoms with Crippen molar-refractivity contribution in [3.63, 3.8) is 0 Å². The zero-order valence-electron chi connectivity index (χ0n) is 15.2. The molecule has 0 fully saturated rings. The van der Waals surface area contributed by atoms with Crippen LogP contribution in [0.15, 0.2) is 36.2 Å². The van der Waals surface area contributed by atoms with Crippen molar-refractivity contribution >= 4 is 11.5 Å². The number of nitrogens with one attached hydrogen (secondary N) is 1. The number of carbonyl (C=O) groups is 1. The maximum Gasteiger partial charge on any atom is 0.338 e. The van der Waals surface area contributed by atoms with Gasteiger partial charge in [0.1, 0.15) is 11.8 Å².